The summed E-state index contributed by atoms with van der Waals surface area (Å²) in [6.07, 6.45) is 7.52. The summed E-state index contributed by atoms with van der Waals surface area (Å²) in [5.74, 6) is 0. The second-order valence-corrected chi connectivity index (χ2v) is 4.68. The molecule has 0 aliphatic heterocycles. The van der Waals surface area contributed by atoms with E-state index in [0.717, 1.165) is 31.3 Å². The fourth-order valence-corrected chi connectivity index (χ4v) is 1.54. The van der Waals surface area contributed by atoms with E-state index in [1.165, 1.54) is 0 Å². The van der Waals surface area contributed by atoms with E-state index in [-0.39, 0.29) is 16.9 Å². The van der Waals surface area contributed by atoms with Crippen molar-refractivity contribution in [2.45, 2.75) is 46.5 Å². The number of rotatable bonds is 8. The van der Waals surface area contributed by atoms with Gasteiger partial charge in [-0.1, -0.05) is 38.2 Å². The lowest BCUT2D eigenvalue weighted by Crippen LogP contribution is -2.25. The van der Waals surface area contributed by atoms with Crippen LogP contribution in [0.2, 0.25) is 0 Å². The molecule has 0 N–H and O–H groups in total. The van der Waals surface area contributed by atoms with Gasteiger partial charge in [0.05, 0.1) is 0 Å². The molecule has 0 fully saturated rings. The number of hydrogen-bond donors (Lipinski definition) is 0. The summed E-state index contributed by atoms with van der Waals surface area (Å²) >= 11 is 0. The van der Waals surface area contributed by atoms with Crippen LogP contribution in [0.1, 0.15) is 46.5 Å². The Hall–Kier alpha value is -1.12. The maximum Gasteiger partial charge on any atom is 0.209 e. The van der Waals surface area contributed by atoms with Crippen molar-refractivity contribution in [3.05, 3.63) is 34.4 Å². The first kappa shape index (κ1) is 14.9. The summed E-state index contributed by atoms with van der Waals surface area (Å²) in [6.45, 7) is 10.0. The summed E-state index contributed by atoms with van der Waals surface area (Å²) in [5, 5.41) is 10.6. The molecular formula is C13H23NO2. The molecule has 0 unspecified atom stereocenters. The van der Waals surface area contributed by atoms with Gasteiger partial charge >= 0.3 is 0 Å². The number of allylic oxidation sites excluding steroid dienone is 3. The van der Waals surface area contributed by atoms with Crippen LogP contribution in [0.15, 0.2) is 24.3 Å². The maximum absolute atomic E-state index is 10.6. The molecule has 0 spiro atoms. The van der Waals surface area contributed by atoms with E-state index < -0.39 is 0 Å². The van der Waals surface area contributed by atoms with E-state index in [4.69, 9.17) is 0 Å². The Morgan fingerprint density at radius 2 is 2.19 bits per heavy atom. The molecule has 0 heterocycles. The molecule has 0 aromatic carbocycles. The van der Waals surface area contributed by atoms with Gasteiger partial charge in [-0.15, -0.1) is 0 Å². The molecule has 0 radical (unpaired) electrons. The van der Waals surface area contributed by atoms with Gasteiger partial charge in [0, 0.05) is 10.3 Å². The lowest BCUT2D eigenvalue weighted by Gasteiger charge is -2.23. The number of hydrogen-bond acceptors (Lipinski definition) is 2. The number of nitro groups is 1. The molecular weight excluding hydrogens is 202 g/mol. The monoisotopic (exact) mass is 225 g/mol. The van der Waals surface area contributed by atoms with Gasteiger partial charge in [-0.25, -0.2) is 0 Å². The highest BCUT2D eigenvalue weighted by Gasteiger charge is 2.27. The van der Waals surface area contributed by atoms with Gasteiger partial charge in [0.1, 0.15) is 0 Å². The van der Waals surface area contributed by atoms with Crippen LogP contribution in [0.25, 0.3) is 0 Å². The van der Waals surface area contributed by atoms with E-state index in [9.17, 15) is 10.1 Å². The van der Waals surface area contributed by atoms with Crippen LogP contribution in [0.5, 0.6) is 0 Å². The minimum Gasteiger partial charge on any atom is -0.265 e. The van der Waals surface area contributed by atoms with Gasteiger partial charge < -0.3 is 0 Å². The Morgan fingerprint density at radius 1 is 1.56 bits per heavy atom. The molecule has 0 saturated carbocycles. The predicted octanol–water partition coefficient (Wildman–Crippen LogP) is 3.98. The van der Waals surface area contributed by atoms with E-state index in [1.807, 2.05) is 26.8 Å². The van der Waals surface area contributed by atoms with Gasteiger partial charge in [0.15, 0.2) is 0 Å². The summed E-state index contributed by atoms with van der Waals surface area (Å²) in [4.78, 5) is 10.4. The van der Waals surface area contributed by atoms with E-state index in [0.29, 0.717) is 0 Å². The van der Waals surface area contributed by atoms with Crippen LogP contribution in [0.3, 0.4) is 0 Å². The Morgan fingerprint density at radius 3 is 2.62 bits per heavy atom. The van der Waals surface area contributed by atoms with Crippen molar-refractivity contribution in [3.63, 3.8) is 0 Å². The lowest BCUT2D eigenvalue weighted by atomic mass is 9.81. The minimum atomic E-state index is -0.210. The molecule has 92 valence electrons. The molecule has 0 amide bonds. The molecule has 0 aromatic rings. The number of nitrogens with zero attached hydrogens (tertiary/aromatic N) is 1. The Bertz CT molecular complexity index is 271. The third kappa shape index (κ3) is 6.38. The highest BCUT2D eigenvalue weighted by Crippen LogP contribution is 2.29. The molecule has 3 heteroatoms. The summed E-state index contributed by atoms with van der Waals surface area (Å²) < 4.78 is 0. The average molecular weight is 225 g/mol. The van der Waals surface area contributed by atoms with Crippen molar-refractivity contribution < 1.29 is 4.92 Å². The molecule has 0 bridgehead atoms. The Balaban J connectivity index is 4.12. The van der Waals surface area contributed by atoms with Gasteiger partial charge in [-0.05, 0) is 32.6 Å². The van der Waals surface area contributed by atoms with Gasteiger partial charge in [0.25, 0.3) is 0 Å². The summed E-state index contributed by atoms with van der Waals surface area (Å²) in [7, 11) is 0. The summed E-state index contributed by atoms with van der Waals surface area (Å²) in [5.41, 5.74) is 0.962. The smallest absolute Gasteiger partial charge is 0.209 e. The fraction of sp³-hybridized carbons (Fsp3) is 0.692. The lowest BCUT2D eigenvalue weighted by molar-refractivity contribution is -0.497. The van der Waals surface area contributed by atoms with Gasteiger partial charge in [-0.3, -0.25) is 10.1 Å². The quantitative estimate of drug-likeness (QED) is 0.356. The highest BCUT2D eigenvalue weighted by atomic mass is 16.6. The van der Waals surface area contributed by atoms with E-state index in [2.05, 4.69) is 12.7 Å². The van der Waals surface area contributed by atoms with E-state index in [1.54, 1.807) is 0 Å². The van der Waals surface area contributed by atoms with Crippen LogP contribution in [0, 0.1) is 15.5 Å². The van der Waals surface area contributed by atoms with Crippen molar-refractivity contribution in [1.82, 2.24) is 0 Å². The van der Waals surface area contributed by atoms with Crippen molar-refractivity contribution in [2.24, 2.45) is 5.41 Å². The van der Waals surface area contributed by atoms with Crippen molar-refractivity contribution in [1.29, 1.82) is 0 Å². The first-order valence-corrected chi connectivity index (χ1v) is 5.83. The molecule has 0 aliphatic carbocycles. The highest BCUT2D eigenvalue weighted by molar-refractivity contribution is 5.02. The zero-order valence-corrected chi connectivity index (χ0v) is 10.7. The topological polar surface area (TPSA) is 43.1 Å². The van der Waals surface area contributed by atoms with Crippen molar-refractivity contribution >= 4 is 0 Å². The molecule has 0 aromatic heterocycles. The standard InChI is InChI=1S/C13H23NO2/c1-5-7-8-12(3)9-10-13(4,6-2)11-14(15)16/h5,7H,3,6,8-11H2,1-2,4H3/b7-5-/t13-/m1/s1. The Kier molecular flexibility index (Phi) is 6.70. The first-order valence-electron chi connectivity index (χ1n) is 5.83. The summed E-state index contributed by atoms with van der Waals surface area (Å²) in [6, 6.07) is 0. The second-order valence-electron chi connectivity index (χ2n) is 4.68. The SMILES string of the molecule is C=C(C/C=C\C)CC[C@@](C)(CC)C[N+](=O)[O-]. The fourth-order valence-electron chi connectivity index (χ4n) is 1.54. The Labute approximate surface area is 98.4 Å². The second kappa shape index (κ2) is 7.20. The normalized spacial score (nSPS) is 14.9. The maximum atomic E-state index is 10.6. The van der Waals surface area contributed by atoms with E-state index >= 15 is 0 Å². The third-order valence-corrected chi connectivity index (χ3v) is 3.09. The molecule has 1 atom stereocenters. The van der Waals surface area contributed by atoms with Gasteiger partial charge in [-0.2, -0.15) is 0 Å². The molecule has 0 aliphatic rings. The average Bonchev–Trinajstić information content (AvgIpc) is 2.22. The van der Waals surface area contributed by atoms with Crippen LogP contribution >= 0.6 is 0 Å². The van der Waals surface area contributed by atoms with Gasteiger partial charge in [0.2, 0.25) is 6.54 Å². The molecule has 3 nitrogen and oxygen atoms in total. The first-order chi connectivity index (χ1) is 7.43. The van der Waals surface area contributed by atoms with Crippen LogP contribution < -0.4 is 0 Å². The van der Waals surface area contributed by atoms with Crippen LogP contribution in [-0.4, -0.2) is 11.5 Å². The van der Waals surface area contributed by atoms with Crippen LogP contribution in [0.4, 0.5) is 0 Å². The predicted molar refractivity (Wildman–Crippen MR) is 68.1 cm³/mol. The van der Waals surface area contributed by atoms with Crippen LogP contribution in [-0.2, 0) is 0 Å². The zero-order valence-electron chi connectivity index (χ0n) is 10.7. The van der Waals surface area contributed by atoms with Crippen molar-refractivity contribution in [2.75, 3.05) is 6.54 Å². The third-order valence-electron chi connectivity index (χ3n) is 3.09. The molecule has 0 rings (SSSR count). The molecule has 16 heavy (non-hydrogen) atoms. The van der Waals surface area contributed by atoms with Crippen molar-refractivity contribution in [3.8, 4) is 0 Å². The molecule has 0 saturated heterocycles. The zero-order chi connectivity index (χ0) is 12.6. The minimum absolute atomic E-state index is 0.0559. The largest absolute Gasteiger partial charge is 0.265 e.